The van der Waals surface area contributed by atoms with Crippen molar-refractivity contribution < 1.29 is 13.2 Å². The summed E-state index contributed by atoms with van der Waals surface area (Å²) in [5.74, 6) is 0.949. The van der Waals surface area contributed by atoms with E-state index in [1.807, 2.05) is 31.2 Å². The van der Waals surface area contributed by atoms with Crippen LogP contribution in [0.25, 0.3) is 0 Å². The number of anilines is 1. The van der Waals surface area contributed by atoms with Crippen molar-refractivity contribution in [3.8, 4) is 5.75 Å². The maximum Gasteiger partial charge on any atom is 0.240 e. The summed E-state index contributed by atoms with van der Waals surface area (Å²) in [5.41, 5.74) is 7.98. The van der Waals surface area contributed by atoms with Gasteiger partial charge in [-0.15, -0.1) is 0 Å². The predicted molar refractivity (Wildman–Crippen MR) is 109 cm³/mol. The zero-order valence-electron chi connectivity index (χ0n) is 15.9. The average molecular weight is 392 g/mol. The number of aryl methyl sites for hydroxylation is 1. The molecule has 0 saturated carbocycles. The number of hydrogen-bond donors (Lipinski definition) is 3. The molecule has 0 aliphatic carbocycles. The zero-order chi connectivity index (χ0) is 19.9. The van der Waals surface area contributed by atoms with Crippen LogP contribution in [0, 0.1) is 0 Å². The van der Waals surface area contributed by atoms with Crippen molar-refractivity contribution in [2.45, 2.75) is 44.0 Å². The Balaban J connectivity index is 1.84. The van der Waals surface area contributed by atoms with E-state index in [2.05, 4.69) is 18.3 Å². The summed E-state index contributed by atoms with van der Waals surface area (Å²) in [6.07, 6.45) is 2.62. The molecule has 27 heavy (non-hydrogen) atoms. The number of ether oxygens (including phenoxy) is 1. The summed E-state index contributed by atoms with van der Waals surface area (Å²) in [7, 11) is -3.81. The third kappa shape index (κ3) is 6.53. The Labute approximate surface area is 162 Å². The molecule has 0 aliphatic rings. The molecule has 0 spiro atoms. The second kappa shape index (κ2) is 9.73. The van der Waals surface area contributed by atoms with Gasteiger partial charge in [0.25, 0.3) is 0 Å². The fraction of sp³-hybridized carbons (Fsp3) is 0.400. The van der Waals surface area contributed by atoms with Crippen LogP contribution in [0.2, 0.25) is 0 Å². The standard InChI is InChI=1S/C20H29N3O3S/c1-3-26-19-9-5-4-7-17(19)8-6-12-23-15(2)13-16-10-11-18(21)20(14-16)27(22,24)25/h4-5,7,9-11,14-15,23H,3,6,8,12-13,21H2,1-2H3,(H2,22,24,25)/t15-/m1/s1. The molecule has 2 aromatic rings. The second-order valence-corrected chi connectivity index (χ2v) is 8.15. The van der Waals surface area contributed by atoms with Gasteiger partial charge < -0.3 is 15.8 Å². The molecule has 0 radical (unpaired) electrons. The molecule has 2 aromatic carbocycles. The summed E-state index contributed by atoms with van der Waals surface area (Å²) >= 11 is 0. The third-order valence-electron chi connectivity index (χ3n) is 4.31. The highest BCUT2D eigenvalue weighted by Gasteiger charge is 2.14. The number of nitrogens with one attached hydrogen (secondary N) is 1. The van der Waals surface area contributed by atoms with E-state index in [-0.39, 0.29) is 16.6 Å². The Morgan fingerprint density at radius 2 is 1.93 bits per heavy atom. The van der Waals surface area contributed by atoms with E-state index in [0.717, 1.165) is 30.7 Å². The first-order valence-corrected chi connectivity index (χ1v) is 10.7. The van der Waals surface area contributed by atoms with Crippen molar-refractivity contribution in [3.05, 3.63) is 53.6 Å². The van der Waals surface area contributed by atoms with Crippen molar-refractivity contribution in [1.29, 1.82) is 0 Å². The first kappa shape index (κ1) is 21.2. The molecule has 0 fully saturated rings. The quantitative estimate of drug-likeness (QED) is 0.426. The van der Waals surface area contributed by atoms with Crippen molar-refractivity contribution >= 4 is 15.7 Å². The monoisotopic (exact) mass is 391 g/mol. The Bertz CT molecular complexity index is 853. The van der Waals surface area contributed by atoms with Gasteiger partial charge in [0.2, 0.25) is 10.0 Å². The topological polar surface area (TPSA) is 107 Å². The normalized spacial score (nSPS) is 12.7. The van der Waals surface area contributed by atoms with Gasteiger partial charge in [-0.1, -0.05) is 24.3 Å². The van der Waals surface area contributed by atoms with Crippen LogP contribution < -0.4 is 20.9 Å². The first-order valence-electron chi connectivity index (χ1n) is 9.16. The molecule has 7 heteroatoms. The highest BCUT2D eigenvalue weighted by Crippen LogP contribution is 2.20. The fourth-order valence-electron chi connectivity index (χ4n) is 3.01. The summed E-state index contributed by atoms with van der Waals surface area (Å²) in [6, 6.07) is 13.3. The lowest BCUT2D eigenvalue weighted by Crippen LogP contribution is -2.29. The van der Waals surface area contributed by atoms with Crippen LogP contribution in [0.5, 0.6) is 5.75 Å². The molecule has 5 N–H and O–H groups in total. The van der Waals surface area contributed by atoms with Crippen LogP contribution in [0.15, 0.2) is 47.4 Å². The van der Waals surface area contributed by atoms with Crippen LogP contribution >= 0.6 is 0 Å². The first-order chi connectivity index (χ1) is 12.8. The lowest BCUT2D eigenvalue weighted by atomic mass is 10.1. The number of benzene rings is 2. The molecule has 6 nitrogen and oxygen atoms in total. The fourth-order valence-corrected chi connectivity index (χ4v) is 3.72. The van der Waals surface area contributed by atoms with Gasteiger partial charge in [0.1, 0.15) is 10.6 Å². The molecule has 0 saturated heterocycles. The van der Waals surface area contributed by atoms with Gasteiger partial charge in [-0.05, 0) is 69.0 Å². The Morgan fingerprint density at radius 3 is 2.63 bits per heavy atom. The maximum atomic E-state index is 11.6. The molecule has 148 valence electrons. The van der Waals surface area contributed by atoms with Crippen molar-refractivity contribution in [2.24, 2.45) is 5.14 Å². The summed E-state index contributed by atoms with van der Waals surface area (Å²) < 4.78 is 28.8. The zero-order valence-corrected chi connectivity index (χ0v) is 16.8. The number of primary sulfonamides is 1. The number of nitrogen functional groups attached to an aromatic ring is 1. The highest BCUT2D eigenvalue weighted by atomic mass is 32.2. The molecule has 0 unspecified atom stereocenters. The maximum absolute atomic E-state index is 11.6. The van der Waals surface area contributed by atoms with E-state index in [4.69, 9.17) is 15.6 Å². The molecule has 0 aromatic heterocycles. The van der Waals surface area contributed by atoms with Crippen LogP contribution in [0.4, 0.5) is 5.69 Å². The van der Waals surface area contributed by atoms with E-state index in [9.17, 15) is 8.42 Å². The van der Waals surface area contributed by atoms with Gasteiger partial charge in [-0.25, -0.2) is 13.6 Å². The van der Waals surface area contributed by atoms with Crippen LogP contribution in [-0.2, 0) is 22.9 Å². The minimum absolute atomic E-state index is 0.0141. The van der Waals surface area contributed by atoms with Gasteiger partial charge >= 0.3 is 0 Å². The molecule has 0 aliphatic heterocycles. The number of nitrogens with two attached hydrogens (primary N) is 2. The third-order valence-corrected chi connectivity index (χ3v) is 5.28. The Morgan fingerprint density at radius 1 is 1.19 bits per heavy atom. The van der Waals surface area contributed by atoms with Gasteiger partial charge in [0.15, 0.2) is 0 Å². The highest BCUT2D eigenvalue weighted by molar-refractivity contribution is 7.89. The molecule has 0 heterocycles. The van der Waals surface area contributed by atoms with E-state index < -0.39 is 10.0 Å². The smallest absolute Gasteiger partial charge is 0.240 e. The van der Waals surface area contributed by atoms with Gasteiger partial charge in [0.05, 0.1) is 12.3 Å². The number of rotatable bonds is 10. The molecule has 1 atom stereocenters. The van der Waals surface area contributed by atoms with Gasteiger partial charge in [-0.3, -0.25) is 0 Å². The van der Waals surface area contributed by atoms with Crippen molar-refractivity contribution in [2.75, 3.05) is 18.9 Å². The summed E-state index contributed by atoms with van der Waals surface area (Å²) in [6.45, 7) is 5.58. The van der Waals surface area contributed by atoms with E-state index in [1.165, 1.54) is 5.56 Å². The van der Waals surface area contributed by atoms with E-state index in [1.54, 1.807) is 12.1 Å². The van der Waals surface area contributed by atoms with Crippen molar-refractivity contribution in [1.82, 2.24) is 5.32 Å². The lowest BCUT2D eigenvalue weighted by Gasteiger charge is -2.15. The van der Waals surface area contributed by atoms with E-state index >= 15 is 0 Å². The summed E-state index contributed by atoms with van der Waals surface area (Å²) in [5, 5.41) is 8.68. The molecule has 0 amide bonds. The van der Waals surface area contributed by atoms with Crippen molar-refractivity contribution in [3.63, 3.8) is 0 Å². The lowest BCUT2D eigenvalue weighted by molar-refractivity contribution is 0.336. The molecule has 2 rings (SSSR count). The molecular formula is C20H29N3O3S. The largest absolute Gasteiger partial charge is 0.494 e. The second-order valence-electron chi connectivity index (χ2n) is 6.62. The van der Waals surface area contributed by atoms with Gasteiger partial charge in [0, 0.05) is 6.04 Å². The number of sulfonamides is 1. The Kier molecular flexibility index (Phi) is 7.65. The number of hydrogen-bond acceptors (Lipinski definition) is 5. The van der Waals surface area contributed by atoms with Crippen LogP contribution in [-0.4, -0.2) is 27.6 Å². The average Bonchev–Trinajstić information content (AvgIpc) is 2.61. The molecular weight excluding hydrogens is 362 g/mol. The minimum atomic E-state index is -3.81. The SMILES string of the molecule is CCOc1ccccc1CCCN[C@H](C)Cc1ccc(N)c(S(N)(=O)=O)c1. The summed E-state index contributed by atoms with van der Waals surface area (Å²) in [4.78, 5) is -0.0141. The molecule has 0 bridgehead atoms. The van der Waals surface area contributed by atoms with Gasteiger partial charge in [-0.2, -0.15) is 0 Å². The van der Waals surface area contributed by atoms with Crippen LogP contribution in [0.3, 0.4) is 0 Å². The minimum Gasteiger partial charge on any atom is -0.494 e. The van der Waals surface area contributed by atoms with Crippen LogP contribution in [0.1, 0.15) is 31.4 Å². The van der Waals surface area contributed by atoms with E-state index in [0.29, 0.717) is 13.0 Å². The number of para-hydroxylation sites is 1. The Hall–Kier alpha value is -2.09. The predicted octanol–water partition coefficient (Wildman–Crippen LogP) is 2.47.